The molecule has 0 bridgehead atoms. The van der Waals surface area contributed by atoms with Crippen molar-refractivity contribution < 1.29 is 4.74 Å². The molecule has 38 heavy (non-hydrogen) atoms. The van der Waals surface area contributed by atoms with Gasteiger partial charge < -0.3 is 9.64 Å². The summed E-state index contributed by atoms with van der Waals surface area (Å²) in [6, 6.07) is 22.7. The van der Waals surface area contributed by atoms with E-state index in [1.807, 2.05) is 38.2 Å². The molecule has 4 heterocycles. The second kappa shape index (κ2) is 10.1. The summed E-state index contributed by atoms with van der Waals surface area (Å²) in [7, 11) is 1.81. The number of nitriles is 1. The Balaban J connectivity index is 1.05. The lowest BCUT2D eigenvalue weighted by molar-refractivity contribution is 0.257. The highest BCUT2D eigenvalue weighted by molar-refractivity contribution is 5.83. The van der Waals surface area contributed by atoms with Crippen LogP contribution in [0.25, 0.3) is 33.2 Å². The molecule has 0 atom stereocenters. The van der Waals surface area contributed by atoms with E-state index in [9.17, 15) is 5.26 Å². The van der Waals surface area contributed by atoms with E-state index in [0.717, 1.165) is 71.8 Å². The number of rotatable bonds is 6. The number of benzene rings is 2. The van der Waals surface area contributed by atoms with E-state index in [-0.39, 0.29) is 5.69 Å². The zero-order chi connectivity index (χ0) is 26.1. The van der Waals surface area contributed by atoms with Crippen molar-refractivity contribution in [3.63, 3.8) is 0 Å². The number of aryl methyl sites for hydroxylation is 2. The van der Waals surface area contributed by atoms with Crippen molar-refractivity contribution in [1.82, 2.24) is 25.0 Å². The molecule has 0 amide bonds. The maximum Gasteiger partial charge on any atom is 0.170 e. The lowest BCUT2D eigenvalue weighted by Gasteiger charge is -2.33. The third-order valence-corrected chi connectivity index (χ3v) is 7.48. The number of hydrogen-bond donors (Lipinski definition) is 0. The van der Waals surface area contributed by atoms with Crippen molar-refractivity contribution in [1.29, 1.82) is 5.26 Å². The molecule has 2 aromatic carbocycles. The van der Waals surface area contributed by atoms with Crippen LogP contribution in [-0.4, -0.2) is 44.7 Å². The van der Waals surface area contributed by atoms with Crippen LogP contribution in [0.1, 0.15) is 30.5 Å². The van der Waals surface area contributed by atoms with E-state index in [1.165, 1.54) is 5.39 Å². The van der Waals surface area contributed by atoms with Crippen molar-refractivity contribution in [3.05, 3.63) is 71.9 Å². The average Bonchev–Trinajstić information content (AvgIpc) is 3.34. The minimum absolute atomic E-state index is 0.283. The molecular weight excluding hydrogens is 474 g/mol. The van der Waals surface area contributed by atoms with Crippen LogP contribution >= 0.6 is 0 Å². The molecule has 1 fully saturated rings. The zero-order valence-electron chi connectivity index (χ0n) is 21.6. The topological polar surface area (TPSA) is 92.8 Å². The molecule has 0 aliphatic carbocycles. The minimum atomic E-state index is 0.283. The van der Waals surface area contributed by atoms with Gasteiger partial charge >= 0.3 is 0 Å². The predicted molar refractivity (Wildman–Crippen MR) is 148 cm³/mol. The maximum absolute atomic E-state index is 9.51. The number of aromatic nitrogens is 5. The van der Waals surface area contributed by atoms with E-state index >= 15 is 0 Å². The Kier molecular flexibility index (Phi) is 6.34. The first-order valence-corrected chi connectivity index (χ1v) is 13.0. The second-order valence-corrected chi connectivity index (χ2v) is 9.96. The van der Waals surface area contributed by atoms with Crippen LogP contribution in [0.2, 0.25) is 0 Å². The smallest absolute Gasteiger partial charge is 0.170 e. The Morgan fingerprint density at radius 1 is 1.03 bits per heavy atom. The van der Waals surface area contributed by atoms with Crippen LogP contribution in [0, 0.1) is 24.2 Å². The Hall–Kier alpha value is -4.51. The predicted octanol–water partition coefficient (Wildman–Crippen LogP) is 5.44. The summed E-state index contributed by atoms with van der Waals surface area (Å²) < 4.78 is 7.85. The molecule has 0 unspecified atom stereocenters. The number of ether oxygens (including phenoxy) is 1. The van der Waals surface area contributed by atoms with Gasteiger partial charge in [0.1, 0.15) is 23.2 Å². The molecule has 0 spiro atoms. The van der Waals surface area contributed by atoms with E-state index in [0.29, 0.717) is 18.0 Å². The largest absolute Gasteiger partial charge is 0.493 e. The SMILES string of the molecule is Cc1cc(-c2cc3c(nnn3C)c(C#N)n2)ccc1OCCC1CCN(c2ccc3ccccc3n2)CC1. The first-order chi connectivity index (χ1) is 18.6. The number of piperidine rings is 1. The van der Waals surface area contributed by atoms with Crippen molar-refractivity contribution in [2.75, 3.05) is 24.6 Å². The van der Waals surface area contributed by atoms with Crippen molar-refractivity contribution in [3.8, 4) is 23.1 Å². The molecule has 8 nitrogen and oxygen atoms in total. The molecule has 5 aromatic rings. The highest BCUT2D eigenvalue weighted by atomic mass is 16.5. The average molecular weight is 504 g/mol. The number of nitrogens with zero attached hydrogens (tertiary/aromatic N) is 7. The molecule has 3 aromatic heterocycles. The van der Waals surface area contributed by atoms with Crippen molar-refractivity contribution in [2.45, 2.75) is 26.2 Å². The van der Waals surface area contributed by atoms with Gasteiger partial charge in [-0.2, -0.15) is 5.26 Å². The van der Waals surface area contributed by atoms with Crippen LogP contribution in [-0.2, 0) is 7.05 Å². The lowest BCUT2D eigenvalue weighted by atomic mass is 9.94. The molecule has 1 aliphatic heterocycles. The fraction of sp³-hybridized carbons (Fsp3) is 0.300. The summed E-state index contributed by atoms with van der Waals surface area (Å²) in [6.07, 6.45) is 3.33. The third kappa shape index (κ3) is 4.63. The van der Waals surface area contributed by atoms with E-state index in [2.05, 4.69) is 62.7 Å². The Morgan fingerprint density at radius 2 is 1.87 bits per heavy atom. The van der Waals surface area contributed by atoms with Gasteiger partial charge in [0.15, 0.2) is 5.69 Å². The summed E-state index contributed by atoms with van der Waals surface area (Å²) in [5.74, 6) is 2.61. The fourth-order valence-corrected chi connectivity index (χ4v) is 5.24. The molecular formula is C30H29N7O. The maximum atomic E-state index is 9.51. The van der Waals surface area contributed by atoms with Gasteiger partial charge in [-0.3, -0.25) is 0 Å². The lowest BCUT2D eigenvalue weighted by Crippen LogP contribution is -2.34. The normalized spacial score (nSPS) is 14.2. The summed E-state index contributed by atoms with van der Waals surface area (Å²) in [5, 5.41) is 18.8. The molecule has 8 heteroatoms. The van der Waals surface area contributed by atoms with Crippen LogP contribution in [0.5, 0.6) is 5.75 Å². The standard InChI is InChI=1S/C30H29N7O/c1-20-17-23(25-18-27-30(26(19-31)32-25)34-35-36(27)2)7-9-28(20)38-16-13-21-11-14-37(15-12-21)29-10-8-22-5-3-4-6-24(22)33-29/h3-10,17-18,21H,11-16H2,1-2H3. The van der Waals surface area contributed by atoms with Gasteiger partial charge in [-0.25, -0.2) is 14.6 Å². The summed E-state index contributed by atoms with van der Waals surface area (Å²) in [6.45, 7) is 4.79. The van der Waals surface area contributed by atoms with Gasteiger partial charge in [-0.15, -0.1) is 5.10 Å². The van der Waals surface area contributed by atoms with Crippen LogP contribution in [0.4, 0.5) is 5.82 Å². The Morgan fingerprint density at radius 3 is 2.68 bits per heavy atom. The number of pyridine rings is 2. The van der Waals surface area contributed by atoms with E-state index < -0.39 is 0 Å². The summed E-state index contributed by atoms with van der Waals surface area (Å²) in [5.41, 5.74) is 5.35. The number of fused-ring (bicyclic) bond motifs is 2. The molecule has 190 valence electrons. The number of para-hydroxylation sites is 1. The molecule has 1 aliphatic rings. The Labute approximate surface area is 221 Å². The fourth-order valence-electron chi connectivity index (χ4n) is 5.24. The minimum Gasteiger partial charge on any atom is -0.493 e. The van der Waals surface area contributed by atoms with E-state index in [4.69, 9.17) is 9.72 Å². The van der Waals surface area contributed by atoms with Gasteiger partial charge in [0.05, 0.1) is 23.3 Å². The molecule has 0 N–H and O–H groups in total. The van der Waals surface area contributed by atoms with Crippen LogP contribution in [0.15, 0.2) is 60.7 Å². The number of hydrogen-bond acceptors (Lipinski definition) is 7. The Bertz CT molecular complexity index is 1660. The molecule has 1 saturated heterocycles. The highest BCUT2D eigenvalue weighted by Gasteiger charge is 2.20. The van der Waals surface area contributed by atoms with Gasteiger partial charge in [-0.05, 0) is 80.1 Å². The van der Waals surface area contributed by atoms with Gasteiger partial charge in [0.25, 0.3) is 0 Å². The van der Waals surface area contributed by atoms with Gasteiger partial charge in [0.2, 0.25) is 0 Å². The van der Waals surface area contributed by atoms with Crippen molar-refractivity contribution >= 4 is 27.8 Å². The van der Waals surface area contributed by atoms with Gasteiger partial charge in [0, 0.05) is 31.1 Å². The molecule has 6 rings (SSSR count). The first kappa shape index (κ1) is 23.9. The van der Waals surface area contributed by atoms with Crippen LogP contribution in [0.3, 0.4) is 0 Å². The van der Waals surface area contributed by atoms with Gasteiger partial charge in [-0.1, -0.05) is 23.4 Å². The molecule has 0 radical (unpaired) electrons. The quantitative estimate of drug-likeness (QED) is 0.304. The molecule has 0 saturated carbocycles. The highest BCUT2D eigenvalue weighted by Crippen LogP contribution is 2.29. The summed E-state index contributed by atoms with van der Waals surface area (Å²) >= 11 is 0. The zero-order valence-corrected chi connectivity index (χ0v) is 21.6. The van der Waals surface area contributed by atoms with E-state index in [1.54, 1.807) is 4.68 Å². The van der Waals surface area contributed by atoms with Crippen molar-refractivity contribution in [2.24, 2.45) is 13.0 Å². The summed E-state index contributed by atoms with van der Waals surface area (Å²) in [4.78, 5) is 11.8. The first-order valence-electron chi connectivity index (χ1n) is 13.0. The number of anilines is 1. The third-order valence-electron chi connectivity index (χ3n) is 7.48. The van der Waals surface area contributed by atoms with Crippen LogP contribution < -0.4 is 9.64 Å². The monoisotopic (exact) mass is 503 g/mol. The second-order valence-electron chi connectivity index (χ2n) is 9.96.